The van der Waals surface area contributed by atoms with E-state index >= 15 is 0 Å². The number of ketones is 1. The maximum atomic E-state index is 12.7. The highest BCUT2D eigenvalue weighted by Crippen LogP contribution is 2.31. The van der Waals surface area contributed by atoms with E-state index < -0.39 is 12.1 Å². The number of benzene rings is 4. The number of methoxy groups -OCH3 is 1. The Morgan fingerprint density at radius 3 is 2.05 bits per heavy atom. The number of esters is 1. The Morgan fingerprint density at radius 2 is 1.37 bits per heavy atom. The molecular formula is C33H31NO7. The molecule has 4 rings (SSSR count). The number of amides is 1. The van der Waals surface area contributed by atoms with Gasteiger partial charge < -0.3 is 24.3 Å². The van der Waals surface area contributed by atoms with Crippen LogP contribution in [0, 0.1) is 0 Å². The fourth-order valence-corrected chi connectivity index (χ4v) is 3.88. The highest BCUT2D eigenvalue weighted by molar-refractivity contribution is 6.00. The van der Waals surface area contributed by atoms with Crippen molar-refractivity contribution in [2.24, 2.45) is 0 Å². The first-order valence-electron chi connectivity index (χ1n) is 13.1. The minimum Gasteiger partial charge on any atom is -0.493 e. The third kappa shape index (κ3) is 8.69. The molecule has 0 fully saturated rings. The topological polar surface area (TPSA) is 100 Å². The normalized spacial score (nSPS) is 11.2. The first-order chi connectivity index (χ1) is 19.9. The van der Waals surface area contributed by atoms with Crippen molar-refractivity contribution in [3.05, 3.63) is 114 Å². The van der Waals surface area contributed by atoms with E-state index in [1.54, 1.807) is 67.8 Å². The van der Waals surface area contributed by atoms with Gasteiger partial charge in [0.1, 0.15) is 18.1 Å². The number of Topliss-reactive ketones (excluding diaryl/α,β-unsaturated/α-hetero) is 1. The van der Waals surface area contributed by atoms with Crippen LogP contribution in [0.3, 0.4) is 0 Å². The largest absolute Gasteiger partial charge is 0.493 e. The lowest BCUT2D eigenvalue weighted by atomic mass is 10.1. The number of anilines is 1. The van der Waals surface area contributed by atoms with Crippen molar-refractivity contribution >= 4 is 23.3 Å². The number of para-hydroxylation sites is 2. The number of hydrogen-bond donors (Lipinski definition) is 1. The number of ether oxygens (including phenoxy) is 4. The summed E-state index contributed by atoms with van der Waals surface area (Å²) >= 11 is 0. The van der Waals surface area contributed by atoms with Gasteiger partial charge in [0, 0.05) is 17.7 Å². The van der Waals surface area contributed by atoms with E-state index in [2.05, 4.69) is 5.32 Å². The monoisotopic (exact) mass is 553 g/mol. The van der Waals surface area contributed by atoms with E-state index in [1.807, 2.05) is 42.5 Å². The number of carbonyl (C=O) groups excluding carboxylic acids is 3. The van der Waals surface area contributed by atoms with Crippen molar-refractivity contribution in [2.75, 3.05) is 12.4 Å². The third-order valence-electron chi connectivity index (χ3n) is 6.06. The number of nitrogens with one attached hydrogen (secondary N) is 1. The van der Waals surface area contributed by atoms with Gasteiger partial charge in [-0.25, -0.2) is 0 Å². The number of hydrogen-bond acceptors (Lipinski definition) is 7. The summed E-state index contributed by atoms with van der Waals surface area (Å²) in [6.07, 6.45) is -1.24. The van der Waals surface area contributed by atoms with Gasteiger partial charge >= 0.3 is 5.97 Å². The Balaban J connectivity index is 1.19. The molecular weight excluding hydrogens is 522 g/mol. The third-order valence-corrected chi connectivity index (χ3v) is 6.06. The van der Waals surface area contributed by atoms with E-state index in [1.165, 1.54) is 6.92 Å². The van der Waals surface area contributed by atoms with E-state index in [4.69, 9.17) is 18.9 Å². The molecule has 1 atom stereocenters. The highest BCUT2D eigenvalue weighted by atomic mass is 16.5. The molecule has 0 spiro atoms. The van der Waals surface area contributed by atoms with Crippen LogP contribution in [0.4, 0.5) is 5.69 Å². The second-order valence-electron chi connectivity index (χ2n) is 9.12. The van der Waals surface area contributed by atoms with Crippen molar-refractivity contribution in [3.8, 4) is 23.0 Å². The quantitative estimate of drug-likeness (QED) is 0.147. The Labute approximate surface area is 238 Å². The lowest BCUT2D eigenvalue weighted by molar-refractivity contribution is -0.147. The summed E-state index contributed by atoms with van der Waals surface area (Å²) in [4.78, 5) is 37.4. The van der Waals surface area contributed by atoms with Crippen LogP contribution in [0.1, 0.15) is 35.7 Å². The second kappa shape index (κ2) is 14.3. The summed E-state index contributed by atoms with van der Waals surface area (Å²) in [6, 6.07) is 30.5. The molecule has 0 bridgehead atoms. The first-order valence-corrected chi connectivity index (χ1v) is 13.1. The summed E-state index contributed by atoms with van der Waals surface area (Å²) in [5.74, 6) is 1.05. The lowest BCUT2D eigenvalue weighted by Gasteiger charge is -2.13. The average Bonchev–Trinajstić information content (AvgIpc) is 3.00. The molecule has 8 heteroatoms. The smallest absolute Gasteiger partial charge is 0.307 e. The van der Waals surface area contributed by atoms with Gasteiger partial charge in [-0.3, -0.25) is 14.4 Å². The zero-order valence-electron chi connectivity index (χ0n) is 22.9. The fourth-order valence-electron chi connectivity index (χ4n) is 3.88. The number of rotatable bonds is 13. The molecule has 4 aromatic carbocycles. The van der Waals surface area contributed by atoms with Crippen molar-refractivity contribution in [1.29, 1.82) is 0 Å². The van der Waals surface area contributed by atoms with Crippen molar-refractivity contribution in [3.63, 3.8) is 0 Å². The van der Waals surface area contributed by atoms with Crippen LogP contribution in [-0.4, -0.2) is 30.9 Å². The van der Waals surface area contributed by atoms with Crippen LogP contribution in [0.5, 0.6) is 23.0 Å². The summed E-state index contributed by atoms with van der Waals surface area (Å²) in [7, 11) is 1.57. The zero-order chi connectivity index (χ0) is 29.0. The fraction of sp³-hybridized carbons (Fsp3) is 0.182. The van der Waals surface area contributed by atoms with Gasteiger partial charge in [0.25, 0.3) is 0 Å². The standard InChI is InChI=1S/C33H31NO7/c1-23(33(37)25-12-16-27(17-13-25)39-22-24-8-4-3-5-9-24)40-32(36)21-20-31(35)34-26-14-18-28(19-15-26)41-30-11-7-6-10-29(30)38-2/h3-19,23H,20-22H2,1-2H3,(H,34,35). The molecule has 1 amide bonds. The Hall–Kier alpha value is -5.11. The number of carbonyl (C=O) groups is 3. The molecule has 4 aromatic rings. The van der Waals surface area contributed by atoms with Gasteiger partial charge in [-0.15, -0.1) is 0 Å². The van der Waals surface area contributed by atoms with Gasteiger partial charge in [0.2, 0.25) is 11.7 Å². The van der Waals surface area contributed by atoms with E-state index in [0.717, 1.165) is 5.56 Å². The molecule has 0 aliphatic heterocycles. The van der Waals surface area contributed by atoms with Gasteiger partial charge in [-0.05, 0) is 73.2 Å². The molecule has 0 saturated carbocycles. The minimum absolute atomic E-state index is 0.0906. The molecule has 0 saturated heterocycles. The zero-order valence-corrected chi connectivity index (χ0v) is 22.9. The van der Waals surface area contributed by atoms with Gasteiger partial charge in [-0.2, -0.15) is 0 Å². The molecule has 0 aliphatic carbocycles. The maximum Gasteiger partial charge on any atom is 0.307 e. The first kappa shape index (κ1) is 28.9. The van der Waals surface area contributed by atoms with Crippen molar-refractivity contribution in [1.82, 2.24) is 0 Å². The minimum atomic E-state index is -0.988. The van der Waals surface area contributed by atoms with Crippen LogP contribution in [0.2, 0.25) is 0 Å². The molecule has 0 heterocycles. The van der Waals surface area contributed by atoms with E-state index in [9.17, 15) is 14.4 Å². The van der Waals surface area contributed by atoms with E-state index in [-0.39, 0.29) is 24.5 Å². The van der Waals surface area contributed by atoms with Crippen LogP contribution < -0.4 is 19.5 Å². The molecule has 1 N–H and O–H groups in total. The molecule has 0 aliphatic rings. The second-order valence-corrected chi connectivity index (χ2v) is 9.12. The maximum absolute atomic E-state index is 12.7. The predicted molar refractivity (Wildman–Crippen MR) is 154 cm³/mol. The van der Waals surface area contributed by atoms with Crippen LogP contribution >= 0.6 is 0 Å². The van der Waals surface area contributed by atoms with Gasteiger partial charge in [0.15, 0.2) is 17.6 Å². The molecule has 210 valence electrons. The predicted octanol–water partition coefficient (Wildman–Crippen LogP) is 6.60. The summed E-state index contributed by atoms with van der Waals surface area (Å²) in [5.41, 5.74) is 1.98. The average molecular weight is 554 g/mol. The van der Waals surface area contributed by atoms with Crippen LogP contribution in [-0.2, 0) is 20.9 Å². The van der Waals surface area contributed by atoms with Gasteiger partial charge in [-0.1, -0.05) is 42.5 Å². The van der Waals surface area contributed by atoms with E-state index in [0.29, 0.717) is 40.9 Å². The molecule has 41 heavy (non-hydrogen) atoms. The van der Waals surface area contributed by atoms with Crippen molar-refractivity contribution in [2.45, 2.75) is 32.5 Å². The summed E-state index contributed by atoms with van der Waals surface area (Å²) < 4.78 is 22.1. The molecule has 0 aromatic heterocycles. The van der Waals surface area contributed by atoms with Gasteiger partial charge in [0.05, 0.1) is 13.5 Å². The molecule has 8 nitrogen and oxygen atoms in total. The molecule has 1 unspecified atom stereocenters. The summed E-state index contributed by atoms with van der Waals surface area (Å²) in [5, 5.41) is 2.73. The SMILES string of the molecule is COc1ccccc1Oc1ccc(NC(=O)CCC(=O)OC(C)C(=O)c2ccc(OCc3ccccc3)cc2)cc1. The van der Waals surface area contributed by atoms with Crippen LogP contribution in [0.25, 0.3) is 0 Å². The summed E-state index contributed by atoms with van der Waals surface area (Å²) in [6.45, 7) is 1.92. The highest BCUT2D eigenvalue weighted by Gasteiger charge is 2.20. The Kier molecular flexibility index (Phi) is 10.1. The molecule has 0 radical (unpaired) electrons. The Morgan fingerprint density at radius 1 is 0.732 bits per heavy atom. The Bertz CT molecular complexity index is 1450. The van der Waals surface area contributed by atoms with Crippen molar-refractivity contribution < 1.29 is 33.3 Å². The van der Waals surface area contributed by atoms with Crippen LogP contribution in [0.15, 0.2) is 103 Å². The lowest BCUT2D eigenvalue weighted by Crippen LogP contribution is -2.25.